The van der Waals surface area contributed by atoms with Gasteiger partial charge in [0.25, 0.3) is 0 Å². The molecule has 8 nitrogen and oxygen atoms in total. The van der Waals surface area contributed by atoms with Gasteiger partial charge in [-0.1, -0.05) is 12.1 Å². The highest BCUT2D eigenvalue weighted by molar-refractivity contribution is 5.79. The van der Waals surface area contributed by atoms with Crippen LogP contribution in [0.4, 0.5) is 11.9 Å². The molecule has 0 bridgehead atoms. The Hall–Kier alpha value is -2.90. The monoisotopic (exact) mass is 289 g/mol. The van der Waals surface area contributed by atoms with Crippen LogP contribution in [0.2, 0.25) is 0 Å². The van der Waals surface area contributed by atoms with Gasteiger partial charge in [0.1, 0.15) is 5.75 Å². The van der Waals surface area contributed by atoms with E-state index in [1.54, 1.807) is 38.3 Å². The van der Waals surface area contributed by atoms with Crippen LogP contribution in [0.25, 0.3) is 0 Å². The zero-order chi connectivity index (χ0) is 15.4. The Bertz CT molecular complexity index is 642. The zero-order valence-corrected chi connectivity index (χ0v) is 11.6. The lowest BCUT2D eigenvalue weighted by Crippen LogP contribution is -2.18. The largest absolute Gasteiger partial charge is 0.497 e. The number of anilines is 2. The highest BCUT2D eigenvalue weighted by atomic mass is 16.5. The number of benzene rings is 1. The van der Waals surface area contributed by atoms with Gasteiger partial charge in [-0.05, 0) is 24.6 Å². The zero-order valence-electron chi connectivity index (χ0n) is 11.6. The van der Waals surface area contributed by atoms with Crippen LogP contribution in [0, 0.1) is 0 Å². The van der Waals surface area contributed by atoms with Crippen LogP contribution in [-0.4, -0.2) is 28.0 Å². The van der Waals surface area contributed by atoms with Crippen molar-refractivity contribution in [2.75, 3.05) is 18.6 Å². The van der Waals surface area contributed by atoms with Crippen molar-refractivity contribution < 1.29 is 14.3 Å². The Labute approximate surface area is 121 Å². The molecule has 0 aliphatic heterocycles. The van der Waals surface area contributed by atoms with Gasteiger partial charge in [0.2, 0.25) is 11.9 Å². The number of carbonyl (C=O) groups excluding carboxylic acids is 1. The fourth-order valence-corrected chi connectivity index (χ4v) is 1.66. The standard InChI is InChI=1S/C13H15N5O3/c1-7(8-4-3-5-9(6-8)20-2)10(19)21-13-17-11(14)16-12(15)18-13/h3-7H,1-2H3,(H4,14,15,16,17,18). The average Bonchev–Trinajstić information content (AvgIpc) is 2.45. The number of rotatable bonds is 4. The van der Waals surface area contributed by atoms with Gasteiger partial charge in [0.15, 0.2) is 0 Å². The van der Waals surface area contributed by atoms with Crippen molar-refractivity contribution in [2.45, 2.75) is 12.8 Å². The first-order chi connectivity index (χ1) is 9.99. The number of nitrogens with zero attached hydrogens (tertiary/aromatic N) is 3. The Morgan fingerprint density at radius 2 is 1.86 bits per heavy atom. The molecule has 0 amide bonds. The molecule has 4 N–H and O–H groups in total. The van der Waals surface area contributed by atoms with Crippen molar-refractivity contribution in [3.63, 3.8) is 0 Å². The van der Waals surface area contributed by atoms with Gasteiger partial charge < -0.3 is 20.9 Å². The molecule has 8 heteroatoms. The number of aromatic nitrogens is 3. The number of nitrogen functional groups attached to an aromatic ring is 2. The fourth-order valence-electron chi connectivity index (χ4n) is 1.66. The number of hydrogen-bond acceptors (Lipinski definition) is 8. The third-order valence-electron chi connectivity index (χ3n) is 2.79. The van der Waals surface area contributed by atoms with E-state index in [1.807, 2.05) is 0 Å². The first kappa shape index (κ1) is 14.5. The van der Waals surface area contributed by atoms with Crippen LogP contribution >= 0.6 is 0 Å². The van der Waals surface area contributed by atoms with Crippen molar-refractivity contribution >= 4 is 17.9 Å². The highest BCUT2D eigenvalue weighted by Crippen LogP contribution is 2.22. The van der Waals surface area contributed by atoms with Gasteiger partial charge >= 0.3 is 12.0 Å². The summed E-state index contributed by atoms with van der Waals surface area (Å²) < 4.78 is 10.2. The molecule has 1 unspecified atom stereocenters. The number of hydrogen-bond donors (Lipinski definition) is 2. The summed E-state index contributed by atoms with van der Waals surface area (Å²) in [6.07, 6.45) is 0. The lowest BCUT2D eigenvalue weighted by atomic mass is 10.0. The number of methoxy groups -OCH3 is 1. The Kier molecular flexibility index (Phi) is 4.17. The van der Waals surface area contributed by atoms with E-state index in [4.69, 9.17) is 20.9 Å². The van der Waals surface area contributed by atoms with E-state index in [0.717, 1.165) is 5.56 Å². The summed E-state index contributed by atoms with van der Waals surface area (Å²) in [6, 6.07) is 6.90. The van der Waals surface area contributed by atoms with Gasteiger partial charge in [0, 0.05) is 0 Å². The topological polar surface area (TPSA) is 126 Å². The Morgan fingerprint density at radius 1 is 1.19 bits per heavy atom. The summed E-state index contributed by atoms with van der Waals surface area (Å²) in [4.78, 5) is 23.1. The molecule has 0 fully saturated rings. The van der Waals surface area contributed by atoms with E-state index in [9.17, 15) is 4.79 Å². The van der Waals surface area contributed by atoms with E-state index in [1.165, 1.54) is 0 Å². The van der Waals surface area contributed by atoms with Crippen molar-refractivity contribution in [3.8, 4) is 11.8 Å². The normalized spacial score (nSPS) is 11.7. The SMILES string of the molecule is COc1cccc(C(C)C(=O)Oc2nc(N)nc(N)n2)c1. The second kappa shape index (κ2) is 6.04. The number of esters is 1. The molecule has 1 aromatic carbocycles. The third kappa shape index (κ3) is 3.56. The van der Waals surface area contributed by atoms with Crippen molar-refractivity contribution in [3.05, 3.63) is 29.8 Å². The maximum absolute atomic E-state index is 12.1. The average molecular weight is 289 g/mol. The maximum atomic E-state index is 12.1. The molecule has 0 radical (unpaired) electrons. The number of carbonyl (C=O) groups is 1. The first-order valence-corrected chi connectivity index (χ1v) is 6.12. The van der Waals surface area contributed by atoms with Crippen LogP contribution in [0.5, 0.6) is 11.8 Å². The van der Waals surface area contributed by atoms with Crippen LogP contribution < -0.4 is 20.9 Å². The van der Waals surface area contributed by atoms with E-state index in [-0.39, 0.29) is 17.9 Å². The minimum Gasteiger partial charge on any atom is -0.497 e. The van der Waals surface area contributed by atoms with Gasteiger partial charge in [-0.25, -0.2) is 0 Å². The van der Waals surface area contributed by atoms with Crippen molar-refractivity contribution in [1.82, 2.24) is 15.0 Å². The molecule has 110 valence electrons. The Morgan fingerprint density at radius 3 is 2.48 bits per heavy atom. The van der Waals surface area contributed by atoms with E-state index in [2.05, 4.69) is 15.0 Å². The van der Waals surface area contributed by atoms with Gasteiger partial charge in [0.05, 0.1) is 13.0 Å². The van der Waals surface area contributed by atoms with Gasteiger partial charge in [-0.3, -0.25) is 4.79 Å². The van der Waals surface area contributed by atoms with Gasteiger partial charge in [-0.15, -0.1) is 0 Å². The molecule has 0 saturated heterocycles. The summed E-state index contributed by atoms with van der Waals surface area (Å²) in [5, 5.41) is 0. The second-order valence-electron chi connectivity index (χ2n) is 4.25. The molecule has 1 heterocycles. The summed E-state index contributed by atoms with van der Waals surface area (Å²) in [5.41, 5.74) is 11.6. The lowest BCUT2D eigenvalue weighted by molar-refractivity contribution is -0.136. The predicted molar refractivity (Wildman–Crippen MR) is 75.7 cm³/mol. The number of ether oxygens (including phenoxy) is 2. The molecule has 1 atom stereocenters. The van der Waals surface area contributed by atoms with Crippen molar-refractivity contribution in [2.24, 2.45) is 0 Å². The van der Waals surface area contributed by atoms with Crippen molar-refractivity contribution in [1.29, 1.82) is 0 Å². The fraction of sp³-hybridized carbons (Fsp3) is 0.231. The third-order valence-corrected chi connectivity index (χ3v) is 2.79. The van der Waals surface area contributed by atoms with Crippen LogP contribution in [0.3, 0.4) is 0 Å². The van der Waals surface area contributed by atoms with E-state index >= 15 is 0 Å². The van der Waals surface area contributed by atoms with Crippen LogP contribution in [0.15, 0.2) is 24.3 Å². The second-order valence-corrected chi connectivity index (χ2v) is 4.25. The number of nitrogens with two attached hydrogens (primary N) is 2. The quantitative estimate of drug-likeness (QED) is 0.789. The van der Waals surface area contributed by atoms with E-state index in [0.29, 0.717) is 5.75 Å². The maximum Gasteiger partial charge on any atom is 0.330 e. The smallest absolute Gasteiger partial charge is 0.330 e. The lowest BCUT2D eigenvalue weighted by Gasteiger charge is -2.11. The summed E-state index contributed by atoms with van der Waals surface area (Å²) in [5.74, 6) is -0.632. The molecular weight excluding hydrogens is 274 g/mol. The molecule has 0 saturated carbocycles. The Balaban J connectivity index is 2.15. The molecule has 0 aliphatic rings. The highest BCUT2D eigenvalue weighted by Gasteiger charge is 2.19. The minimum atomic E-state index is -0.534. The molecule has 2 aromatic rings. The predicted octanol–water partition coefficient (Wildman–Crippen LogP) is 0.754. The van der Waals surface area contributed by atoms with Crippen LogP contribution in [0.1, 0.15) is 18.4 Å². The molecule has 0 spiro atoms. The summed E-state index contributed by atoms with van der Waals surface area (Å²) in [6.45, 7) is 1.70. The molecular formula is C13H15N5O3. The molecule has 0 aliphatic carbocycles. The molecule has 2 rings (SSSR count). The summed E-state index contributed by atoms with van der Waals surface area (Å²) >= 11 is 0. The first-order valence-electron chi connectivity index (χ1n) is 6.12. The van der Waals surface area contributed by atoms with Gasteiger partial charge in [-0.2, -0.15) is 15.0 Å². The molecule has 1 aromatic heterocycles. The van der Waals surface area contributed by atoms with Crippen LogP contribution in [-0.2, 0) is 4.79 Å². The summed E-state index contributed by atoms with van der Waals surface area (Å²) in [7, 11) is 1.55. The van der Waals surface area contributed by atoms with E-state index < -0.39 is 11.9 Å². The molecule has 21 heavy (non-hydrogen) atoms. The minimum absolute atomic E-state index is 0.112.